The lowest BCUT2D eigenvalue weighted by atomic mass is 9.95. The quantitative estimate of drug-likeness (QED) is 0.450. The van der Waals surface area contributed by atoms with Gasteiger partial charge in [-0.2, -0.15) is 0 Å². The second-order valence-electron chi connectivity index (χ2n) is 7.89. The van der Waals surface area contributed by atoms with Crippen LogP contribution in [0.25, 0.3) is 0 Å². The Kier molecular flexibility index (Phi) is 16.3. The Bertz CT molecular complexity index is 699. The van der Waals surface area contributed by atoms with Crippen molar-refractivity contribution < 1.29 is 14.2 Å². The molecule has 1 atom stereocenters. The zero-order valence-electron chi connectivity index (χ0n) is 21.2. The van der Waals surface area contributed by atoms with Crippen molar-refractivity contribution in [2.45, 2.75) is 73.3 Å². The van der Waals surface area contributed by atoms with Crippen LogP contribution in [-0.2, 0) is 4.74 Å². The van der Waals surface area contributed by atoms with E-state index >= 15 is 0 Å². The number of nitrogens with two attached hydrogens (primary N) is 1. The Hall–Kier alpha value is -2.11. The Morgan fingerprint density at radius 1 is 1.22 bits per heavy atom. The van der Waals surface area contributed by atoms with Crippen LogP contribution in [-0.4, -0.2) is 36.8 Å². The lowest BCUT2D eigenvalue weighted by molar-refractivity contribution is 0.0968. The highest BCUT2D eigenvalue weighted by Crippen LogP contribution is 2.36. The van der Waals surface area contributed by atoms with E-state index in [9.17, 15) is 9.50 Å². The fraction of sp³-hybridized carbons (Fsp3) is 0.556. The summed E-state index contributed by atoms with van der Waals surface area (Å²) in [4.78, 5) is 1.97. The van der Waals surface area contributed by atoms with Gasteiger partial charge in [0.2, 0.25) is 0 Å². The van der Waals surface area contributed by atoms with Crippen molar-refractivity contribution in [3.8, 4) is 5.75 Å². The van der Waals surface area contributed by atoms with E-state index in [0.717, 1.165) is 25.2 Å². The first-order valence-electron chi connectivity index (χ1n) is 11.8. The number of hydrogen-bond acceptors (Lipinski definition) is 4. The number of phenols is 1. The van der Waals surface area contributed by atoms with Crippen LogP contribution in [0.15, 0.2) is 47.7 Å². The Labute approximate surface area is 195 Å². The van der Waals surface area contributed by atoms with Gasteiger partial charge in [-0.15, -0.1) is 0 Å². The molecule has 0 spiro atoms. The van der Waals surface area contributed by atoms with Crippen molar-refractivity contribution in [1.29, 1.82) is 0 Å². The summed E-state index contributed by atoms with van der Waals surface area (Å²) < 4.78 is 19.7. The van der Waals surface area contributed by atoms with Crippen LogP contribution in [0.4, 0.5) is 4.39 Å². The van der Waals surface area contributed by atoms with Crippen molar-refractivity contribution >= 4 is 0 Å². The molecule has 0 radical (unpaired) electrons. The summed E-state index contributed by atoms with van der Waals surface area (Å²) in [6.45, 7) is 14.1. The van der Waals surface area contributed by atoms with Crippen LogP contribution in [0.1, 0.15) is 77.5 Å². The second-order valence-corrected chi connectivity index (χ2v) is 7.89. The average Bonchev–Trinajstić information content (AvgIpc) is 2.77. The predicted molar refractivity (Wildman–Crippen MR) is 135 cm³/mol. The second kappa shape index (κ2) is 17.4. The van der Waals surface area contributed by atoms with E-state index in [2.05, 4.69) is 6.92 Å². The highest BCUT2D eigenvalue weighted by molar-refractivity contribution is 5.43. The van der Waals surface area contributed by atoms with Gasteiger partial charge in [0, 0.05) is 25.5 Å². The summed E-state index contributed by atoms with van der Waals surface area (Å²) in [5, 5.41) is 10.3. The molecule has 182 valence electrons. The maximum atomic E-state index is 14.6. The third-order valence-electron chi connectivity index (χ3n) is 4.91. The number of halogens is 1. The summed E-state index contributed by atoms with van der Waals surface area (Å²) in [6, 6.07) is 2.68. The first kappa shape index (κ1) is 29.9. The highest BCUT2D eigenvalue weighted by atomic mass is 19.1. The number of phenolic OH excluding ortho intramolecular Hbond substituents is 1. The monoisotopic (exact) mass is 448 g/mol. The molecule has 1 aromatic rings. The van der Waals surface area contributed by atoms with Crippen molar-refractivity contribution in [3.63, 3.8) is 0 Å². The van der Waals surface area contributed by atoms with Crippen LogP contribution < -0.4 is 5.73 Å². The molecule has 1 aromatic carbocycles. The highest BCUT2D eigenvalue weighted by Gasteiger charge is 2.25. The van der Waals surface area contributed by atoms with Gasteiger partial charge in [0.15, 0.2) is 0 Å². The minimum atomic E-state index is -0.398. The third-order valence-corrected chi connectivity index (χ3v) is 4.91. The molecule has 1 aliphatic heterocycles. The fourth-order valence-electron chi connectivity index (χ4n) is 3.33. The lowest BCUT2D eigenvalue weighted by Crippen LogP contribution is -2.27. The minimum absolute atomic E-state index is 0.0231. The van der Waals surface area contributed by atoms with E-state index in [0.29, 0.717) is 23.4 Å². The molecule has 0 saturated carbocycles. The van der Waals surface area contributed by atoms with E-state index in [1.54, 1.807) is 13.0 Å². The smallest absolute Gasteiger partial charge is 0.132 e. The number of rotatable bonds is 7. The van der Waals surface area contributed by atoms with Crippen molar-refractivity contribution in [2.75, 3.05) is 26.8 Å². The van der Waals surface area contributed by atoms with Gasteiger partial charge in [-0.25, -0.2) is 4.39 Å². The molecule has 1 heterocycles. The maximum absolute atomic E-state index is 14.6. The third kappa shape index (κ3) is 11.5. The van der Waals surface area contributed by atoms with E-state index < -0.39 is 5.82 Å². The summed E-state index contributed by atoms with van der Waals surface area (Å²) >= 11 is 0. The molecule has 1 aliphatic rings. The van der Waals surface area contributed by atoms with Crippen molar-refractivity contribution in [1.82, 2.24) is 4.90 Å². The van der Waals surface area contributed by atoms with Crippen LogP contribution >= 0.6 is 0 Å². The molecule has 4 nitrogen and oxygen atoms in total. The summed E-state index contributed by atoms with van der Waals surface area (Å²) in [6.07, 6.45) is 12.7. The van der Waals surface area contributed by atoms with Crippen LogP contribution in [0, 0.1) is 12.7 Å². The molecule has 1 fully saturated rings. The zero-order valence-corrected chi connectivity index (χ0v) is 21.2. The van der Waals surface area contributed by atoms with Crippen LogP contribution in [0.3, 0.4) is 0 Å². The summed E-state index contributed by atoms with van der Waals surface area (Å²) in [5.41, 5.74) is 8.37. The van der Waals surface area contributed by atoms with Gasteiger partial charge in [-0.3, -0.25) is 4.90 Å². The molecule has 0 amide bonds. The Morgan fingerprint density at radius 3 is 2.28 bits per heavy atom. The number of hydrogen-bond donors (Lipinski definition) is 2. The van der Waals surface area contributed by atoms with Crippen LogP contribution in [0.5, 0.6) is 5.75 Å². The first-order valence-corrected chi connectivity index (χ1v) is 11.8. The summed E-state index contributed by atoms with van der Waals surface area (Å²) in [5.74, 6) is -0.421. The predicted octanol–water partition coefficient (Wildman–Crippen LogP) is 6.80. The summed E-state index contributed by atoms with van der Waals surface area (Å²) in [7, 11) is 1.89. The number of nitrogens with zero attached hydrogens (tertiary/aromatic N) is 1. The molecule has 2 rings (SSSR count). The van der Waals surface area contributed by atoms with Gasteiger partial charge in [0.1, 0.15) is 11.6 Å². The Balaban J connectivity index is 0.00000101. The molecular formula is C27H45FN2O2. The van der Waals surface area contributed by atoms with E-state index in [1.165, 1.54) is 25.3 Å². The number of ether oxygens (including phenoxy) is 1. The van der Waals surface area contributed by atoms with Gasteiger partial charge in [0.25, 0.3) is 0 Å². The molecule has 0 bridgehead atoms. The molecule has 0 aromatic heterocycles. The normalized spacial score (nSPS) is 15.7. The SMILES string of the molecule is C1CCOCC1.CC.CC/C=C\C=C(/C)C(c1c(O)cc(C)cc1F)N(C)C/C=C(\C)N. The van der Waals surface area contributed by atoms with E-state index in [-0.39, 0.29) is 11.8 Å². The minimum Gasteiger partial charge on any atom is -0.507 e. The first-order chi connectivity index (χ1) is 15.3. The number of likely N-dealkylation sites (N-methyl/N-ethyl adjacent to an activating group) is 1. The maximum Gasteiger partial charge on any atom is 0.132 e. The van der Waals surface area contributed by atoms with Crippen LogP contribution in [0.2, 0.25) is 0 Å². The molecule has 0 aliphatic carbocycles. The number of aryl methyl sites for hydroxylation is 1. The number of aromatic hydroxyl groups is 1. The molecule has 1 unspecified atom stereocenters. The number of allylic oxidation sites excluding steroid dienone is 4. The molecule has 32 heavy (non-hydrogen) atoms. The molecule has 5 heteroatoms. The Morgan fingerprint density at radius 2 is 1.84 bits per heavy atom. The molecule has 3 N–H and O–H groups in total. The van der Waals surface area contributed by atoms with Crippen molar-refractivity contribution in [2.24, 2.45) is 5.73 Å². The van der Waals surface area contributed by atoms with E-state index in [4.69, 9.17) is 10.5 Å². The lowest BCUT2D eigenvalue weighted by Gasteiger charge is -2.29. The zero-order chi connectivity index (χ0) is 24.5. The largest absolute Gasteiger partial charge is 0.507 e. The van der Waals surface area contributed by atoms with E-state index in [1.807, 2.05) is 63.9 Å². The van der Waals surface area contributed by atoms with Gasteiger partial charge in [-0.05, 0) is 71.2 Å². The standard InChI is InChI=1S/C20H29FN2O.C5H10O.C2H6/c1-6-7-8-9-15(3)20(23(5)11-10-16(4)22)19-17(21)12-14(2)13-18(19)24;1-2-4-6-5-3-1;1-2/h7-10,12-13,20,24H,6,11,22H2,1-5H3;1-5H2;1-2H3/b8-7-,15-9+,16-10+;;. The molecular weight excluding hydrogens is 403 g/mol. The van der Waals surface area contributed by atoms with Gasteiger partial charge >= 0.3 is 0 Å². The van der Waals surface area contributed by atoms with Gasteiger partial charge < -0.3 is 15.6 Å². The van der Waals surface area contributed by atoms with Crippen molar-refractivity contribution in [3.05, 3.63) is 64.7 Å². The number of benzene rings is 1. The fourth-order valence-corrected chi connectivity index (χ4v) is 3.33. The topological polar surface area (TPSA) is 58.7 Å². The molecule has 1 saturated heterocycles. The van der Waals surface area contributed by atoms with Gasteiger partial charge in [0.05, 0.1) is 11.6 Å². The average molecular weight is 449 g/mol. The van der Waals surface area contributed by atoms with Gasteiger partial charge in [-0.1, -0.05) is 50.6 Å².